The Balaban J connectivity index is 1.82. The molecule has 2 heterocycles. The average Bonchev–Trinajstić information content (AvgIpc) is 3.01. The molecule has 0 aliphatic rings. The van der Waals surface area contributed by atoms with Gasteiger partial charge in [0.25, 0.3) is 0 Å². The molecule has 7 heteroatoms. The van der Waals surface area contributed by atoms with Crippen molar-refractivity contribution in [2.24, 2.45) is 0 Å². The highest BCUT2D eigenvalue weighted by Crippen LogP contribution is 2.27. The molecule has 0 aliphatic heterocycles. The topological polar surface area (TPSA) is 73.6 Å². The summed E-state index contributed by atoms with van der Waals surface area (Å²) in [6, 6.07) is 3.80. The van der Waals surface area contributed by atoms with E-state index in [1.807, 2.05) is 18.3 Å². The monoisotopic (exact) mass is 352 g/mol. The van der Waals surface area contributed by atoms with Gasteiger partial charge in [-0.2, -0.15) is 0 Å². The number of H-pyrrole nitrogens is 2. The summed E-state index contributed by atoms with van der Waals surface area (Å²) >= 11 is 5.22. The van der Waals surface area contributed by atoms with Crippen molar-refractivity contribution in [1.82, 2.24) is 15.0 Å². The predicted molar refractivity (Wildman–Crippen MR) is 85.4 cm³/mol. The van der Waals surface area contributed by atoms with Gasteiger partial charge in [-0.25, -0.2) is 9.78 Å². The van der Waals surface area contributed by atoms with E-state index in [-0.39, 0.29) is 5.69 Å². The number of hydrogen-bond donors (Lipinski definition) is 3. The fourth-order valence-electron chi connectivity index (χ4n) is 1.97. The number of hydrogen-bond acceptors (Lipinski definition) is 4. The quantitative estimate of drug-likeness (QED) is 0.674. The van der Waals surface area contributed by atoms with Crippen LogP contribution in [0.4, 0.5) is 5.69 Å². The zero-order valence-electron chi connectivity index (χ0n) is 10.8. The van der Waals surface area contributed by atoms with Crippen LogP contribution in [0.25, 0.3) is 11.0 Å². The number of thiazole rings is 1. The molecule has 0 saturated carbocycles. The molecule has 0 atom stereocenters. The lowest BCUT2D eigenvalue weighted by molar-refractivity contribution is 1.09. The maximum Gasteiger partial charge on any atom is 0.323 e. The predicted octanol–water partition coefficient (Wildman–Crippen LogP) is 3.25. The number of benzene rings is 1. The molecular weight excluding hydrogens is 340 g/mol. The summed E-state index contributed by atoms with van der Waals surface area (Å²) in [5, 5.41) is 4.50. The van der Waals surface area contributed by atoms with Crippen LogP contribution >= 0.6 is 27.3 Å². The first-order valence-electron chi connectivity index (χ1n) is 6.24. The normalized spacial score (nSPS) is 11.1. The van der Waals surface area contributed by atoms with E-state index in [2.05, 4.69) is 43.1 Å². The maximum atomic E-state index is 11.3. The lowest BCUT2D eigenvalue weighted by Crippen LogP contribution is -1.99. The third-order valence-corrected chi connectivity index (χ3v) is 4.76. The van der Waals surface area contributed by atoms with Crippen molar-refractivity contribution in [2.75, 3.05) is 5.32 Å². The first-order chi connectivity index (χ1) is 9.65. The minimum atomic E-state index is -0.195. The maximum absolute atomic E-state index is 11.3. The number of aromatic nitrogens is 3. The molecule has 0 unspecified atom stereocenters. The van der Waals surface area contributed by atoms with Crippen molar-refractivity contribution in [3.05, 3.63) is 43.2 Å². The molecule has 3 rings (SSSR count). The first kappa shape index (κ1) is 13.4. The van der Waals surface area contributed by atoms with Crippen molar-refractivity contribution in [2.45, 2.75) is 19.9 Å². The number of fused-ring (bicyclic) bond motifs is 1. The lowest BCUT2D eigenvalue weighted by Gasteiger charge is -2.07. The van der Waals surface area contributed by atoms with E-state index in [1.54, 1.807) is 11.3 Å². The average molecular weight is 353 g/mol. The largest absolute Gasteiger partial charge is 0.379 e. The van der Waals surface area contributed by atoms with Gasteiger partial charge in [-0.05, 0) is 34.5 Å². The van der Waals surface area contributed by atoms with E-state index in [4.69, 9.17) is 0 Å². The molecule has 0 saturated heterocycles. The number of aryl methyl sites for hydroxylation is 1. The van der Waals surface area contributed by atoms with Gasteiger partial charge in [0, 0.05) is 15.5 Å². The van der Waals surface area contributed by atoms with Gasteiger partial charge in [0.2, 0.25) is 0 Å². The van der Waals surface area contributed by atoms with Crippen molar-refractivity contribution in [3.8, 4) is 0 Å². The van der Waals surface area contributed by atoms with Gasteiger partial charge in [0.15, 0.2) is 0 Å². The van der Waals surface area contributed by atoms with Gasteiger partial charge in [-0.15, -0.1) is 11.3 Å². The Morgan fingerprint density at radius 3 is 2.80 bits per heavy atom. The Kier molecular flexibility index (Phi) is 3.62. The lowest BCUT2D eigenvalue weighted by atomic mass is 10.2. The number of imidazole rings is 1. The SMILES string of the molecule is CCc1ncc(CNc2cc3[nH]c(=O)[nH]c3cc2Br)s1. The number of anilines is 1. The van der Waals surface area contributed by atoms with Crippen molar-refractivity contribution in [1.29, 1.82) is 0 Å². The van der Waals surface area contributed by atoms with Crippen molar-refractivity contribution < 1.29 is 0 Å². The molecule has 0 spiro atoms. The molecule has 20 heavy (non-hydrogen) atoms. The summed E-state index contributed by atoms with van der Waals surface area (Å²) in [6.45, 7) is 2.82. The summed E-state index contributed by atoms with van der Waals surface area (Å²) in [4.78, 5) is 22.3. The summed E-state index contributed by atoms with van der Waals surface area (Å²) in [5.74, 6) is 0. The van der Waals surface area contributed by atoms with Crippen LogP contribution in [0.1, 0.15) is 16.8 Å². The van der Waals surface area contributed by atoms with Crippen LogP contribution in [-0.4, -0.2) is 15.0 Å². The zero-order valence-corrected chi connectivity index (χ0v) is 13.2. The smallest absolute Gasteiger partial charge is 0.323 e. The second-order valence-corrected chi connectivity index (χ2v) is 6.44. The van der Waals surface area contributed by atoms with Crippen molar-refractivity contribution in [3.63, 3.8) is 0 Å². The molecular formula is C13H13BrN4OS. The van der Waals surface area contributed by atoms with Gasteiger partial charge in [0.05, 0.1) is 28.3 Å². The van der Waals surface area contributed by atoms with Crippen LogP contribution in [0.2, 0.25) is 0 Å². The minimum Gasteiger partial charge on any atom is -0.379 e. The van der Waals surface area contributed by atoms with Gasteiger partial charge in [0.1, 0.15) is 0 Å². The van der Waals surface area contributed by atoms with Crippen LogP contribution in [0, 0.1) is 0 Å². The molecule has 3 aromatic rings. The van der Waals surface area contributed by atoms with E-state index >= 15 is 0 Å². The molecule has 0 fully saturated rings. The Bertz CT molecular complexity index is 804. The highest BCUT2D eigenvalue weighted by molar-refractivity contribution is 9.10. The van der Waals surface area contributed by atoms with Gasteiger partial charge in [-0.1, -0.05) is 6.92 Å². The van der Waals surface area contributed by atoms with E-state index in [1.165, 1.54) is 4.88 Å². The van der Waals surface area contributed by atoms with E-state index in [0.717, 1.165) is 39.2 Å². The molecule has 5 nitrogen and oxygen atoms in total. The Hall–Kier alpha value is -1.60. The summed E-state index contributed by atoms with van der Waals surface area (Å²) in [5.41, 5.74) is 2.33. The molecule has 2 aromatic heterocycles. The Morgan fingerprint density at radius 1 is 1.35 bits per heavy atom. The van der Waals surface area contributed by atoms with Crippen molar-refractivity contribution >= 4 is 44.0 Å². The fraction of sp³-hybridized carbons (Fsp3) is 0.231. The summed E-state index contributed by atoms with van der Waals surface area (Å²) in [6.07, 6.45) is 2.87. The second-order valence-electron chi connectivity index (χ2n) is 4.38. The summed E-state index contributed by atoms with van der Waals surface area (Å²) in [7, 11) is 0. The van der Waals surface area contributed by atoms with Gasteiger partial charge < -0.3 is 15.3 Å². The van der Waals surface area contributed by atoms with Crippen LogP contribution < -0.4 is 11.0 Å². The zero-order chi connectivity index (χ0) is 14.1. The van der Waals surface area contributed by atoms with Gasteiger partial charge in [-0.3, -0.25) is 0 Å². The van der Waals surface area contributed by atoms with E-state index in [0.29, 0.717) is 0 Å². The van der Waals surface area contributed by atoms with Gasteiger partial charge >= 0.3 is 5.69 Å². The number of nitrogens with zero attached hydrogens (tertiary/aromatic N) is 1. The third kappa shape index (κ3) is 2.64. The minimum absolute atomic E-state index is 0.195. The molecule has 0 radical (unpaired) electrons. The Labute approximate surface area is 127 Å². The van der Waals surface area contributed by atoms with Crippen LogP contribution in [0.3, 0.4) is 0 Å². The second kappa shape index (κ2) is 5.41. The standard InChI is InChI=1S/C13H13BrN4OS/c1-2-12-16-6-7(20-12)5-15-9-4-11-10(3-8(9)14)17-13(19)18-11/h3-4,6,15H,2,5H2,1H3,(H2,17,18,19). The van der Waals surface area contributed by atoms with Crippen LogP contribution in [0.15, 0.2) is 27.6 Å². The number of halogens is 1. The van der Waals surface area contributed by atoms with E-state index < -0.39 is 0 Å². The number of aromatic amines is 2. The third-order valence-electron chi connectivity index (χ3n) is 2.96. The summed E-state index contributed by atoms with van der Waals surface area (Å²) < 4.78 is 0.917. The fourth-order valence-corrected chi connectivity index (χ4v) is 3.25. The van der Waals surface area contributed by atoms with E-state index in [9.17, 15) is 4.79 Å². The highest BCUT2D eigenvalue weighted by Gasteiger charge is 2.06. The molecule has 3 N–H and O–H groups in total. The van der Waals surface area contributed by atoms with Crippen LogP contribution in [-0.2, 0) is 13.0 Å². The molecule has 104 valence electrons. The number of rotatable bonds is 4. The highest BCUT2D eigenvalue weighted by atomic mass is 79.9. The molecule has 0 aliphatic carbocycles. The Morgan fingerprint density at radius 2 is 2.10 bits per heavy atom. The first-order valence-corrected chi connectivity index (χ1v) is 7.85. The number of nitrogens with one attached hydrogen (secondary N) is 3. The molecule has 0 amide bonds. The van der Waals surface area contributed by atoms with Crippen LogP contribution in [0.5, 0.6) is 0 Å². The molecule has 1 aromatic carbocycles. The molecule has 0 bridgehead atoms.